The Kier molecular flexibility index (Phi) is 3.66. The van der Waals surface area contributed by atoms with E-state index in [1.807, 2.05) is 4.90 Å². The van der Waals surface area contributed by atoms with E-state index in [9.17, 15) is 9.90 Å². The smallest absolute Gasteiger partial charge is 0.236 e. The van der Waals surface area contributed by atoms with Gasteiger partial charge in [0.05, 0.1) is 24.6 Å². The second-order valence-corrected chi connectivity index (χ2v) is 8.56. The van der Waals surface area contributed by atoms with Crippen molar-refractivity contribution in [3.63, 3.8) is 0 Å². The van der Waals surface area contributed by atoms with Crippen LogP contribution in [0.15, 0.2) is 0 Å². The lowest BCUT2D eigenvalue weighted by molar-refractivity contribution is -0.147. The largest absolute Gasteiger partial charge is 0.390 e. The molecular formula is C18H27N3O2. The molecule has 5 rings (SSSR count). The third-order valence-corrected chi connectivity index (χ3v) is 6.67. The Morgan fingerprint density at radius 1 is 1.30 bits per heavy atom. The summed E-state index contributed by atoms with van der Waals surface area (Å²) in [4.78, 5) is 14.5. The van der Waals surface area contributed by atoms with E-state index in [2.05, 4.69) is 11.4 Å². The topological polar surface area (TPSA) is 76.4 Å². The molecule has 0 aromatic carbocycles. The Labute approximate surface area is 138 Å². The third kappa shape index (κ3) is 2.77. The van der Waals surface area contributed by atoms with E-state index in [0.717, 1.165) is 51.5 Å². The lowest BCUT2D eigenvalue weighted by Gasteiger charge is -2.60. The number of nitrogens with zero attached hydrogens (tertiary/aromatic N) is 2. The molecule has 23 heavy (non-hydrogen) atoms. The molecule has 5 nitrogen and oxygen atoms in total. The Balaban J connectivity index is 1.39. The summed E-state index contributed by atoms with van der Waals surface area (Å²) in [6.07, 6.45) is 8.61. The first kappa shape index (κ1) is 15.4. The second-order valence-electron chi connectivity index (χ2n) is 8.56. The molecule has 2 N–H and O–H groups in total. The van der Waals surface area contributed by atoms with Crippen LogP contribution in [0.3, 0.4) is 0 Å². The van der Waals surface area contributed by atoms with Gasteiger partial charge >= 0.3 is 0 Å². The number of rotatable bonds is 4. The van der Waals surface area contributed by atoms with Gasteiger partial charge in [0.1, 0.15) is 0 Å². The van der Waals surface area contributed by atoms with Crippen LogP contribution in [-0.4, -0.2) is 46.2 Å². The molecule has 0 aromatic heterocycles. The highest BCUT2D eigenvalue weighted by atomic mass is 16.3. The zero-order valence-corrected chi connectivity index (χ0v) is 13.8. The zero-order valence-electron chi connectivity index (χ0n) is 13.8. The van der Waals surface area contributed by atoms with Crippen LogP contribution in [0.5, 0.6) is 0 Å². The number of amides is 1. The summed E-state index contributed by atoms with van der Waals surface area (Å²) in [7, 11) is 0. The van der Waals surface area contributed by atoms with Gasteiger partial charge in [-0.15, -0.1) is 0 Å². The molecule has 0 radical (unpaired) electrons. The monoisotopic (exact) mass is 317 g/mol. The quantitative estimate of drug-likeness (QED) is 0.825. The van der Waals surface area contributed by atoms with Crippen molar-refractivity contribution >= 4 is 5.91 Å². The standard InChI is InChI=1S/C18H27N3O2/c19-4-3-15-2-1-5-21(15)16(22)11-20-17-7-13-6-14(8-17)10-18(23,9-13)12-17/h13-15,20,23H,1-3,5-12H2/t13?,14?,15-,17?,18?/m0/s1. The van der Waals surface area contributed by atoms with Gasteiger partial charge in [0, 0.05) is 18.1 Å². The van der Waals surface area contributed by atoms with Gasteiger partial charge in [0.25, 0.3) is 0 Å². The first-order valence-corrected chi connectivity index (χ1v) is 9.15. The van der Waals surface area contributed by atoms with E-state index < -0.39 is 5.60 Å². The van der Waals surface area contributed by atoms with Crippen LogP contribution in [-0.2, 0) is 4.79 Å². The Morgan fingerprint density at radius 2 is 2.04 bits per heavy atom. The highest BCUT2D eigenvalue weighted by molar-refractivity contribution is 5.79. The van der Waals surface area contributed by atoms with Gasteiger partial charge in [-0.05, 0) is 63.2 Å². The van der Waals surface area contributed by atoms with Gasteiger partial charge in [-0.1, -0.05) is 0 Å². The molecule has 4 saturated carbocycles. The molecule has 1 amide bonds. The molecule has 5 aliphatic rings. The molecule has 4 bridgehead atoms. The number of carbonyl (C=O) groups excluding carboxylic acids is 1. The summed E-state index contributed by atoms with van der Waals surface area (Å²) in [6, 6.07) is 2.31. The molecule has 3 atom stereocenters. The summed E-state index contributed by atoms with van der Waals surface area (Å²) in [6.45, 7) is 1.15. The molecule has 0 spiro atoms. The summed E-state index contributed by atoms with van der Waals surface area (Å²) >= 11 is 0. The number of hydrogen-bond donors (Lipinski definition) is 2. The predicted octanol–water partition coefficient (Wildman–Crippen LogP) is 1.56. The van der Waals surface area contributed by atoms with Crippen molar-refractivity contribution in [3.05, 3.63) is 0 Å². The maximum atomic E-state index is 12.6. The normalized spacial score (nSPS) is 44.5. The molecule has 1 heterocycles. The number of aliphatic hydroxyl groups is 1. The van der Waals surface area contributed by atoms with E-state index >= 15 is 0 Å². The van der Waals surface area contributed by atoms with Crippen molar-refractivity contribution in [1.82, 2.24) is 10.2 Å². The number of carbonyl (C=O) groups is 1. The van der Waals surface area contributed by atoms with Crippen LogP contribution < -0.4 is 5.32 Å². The number of hydrogen-bond acceptors (Lipinski definition) is 4. The maximum absolute atomic E-state index is 12.6. The fourth-order valence-corrected chi connectivity index (χ4v) is 6.27. The second kappa shape index (κ2) is 5.46. The van der Waals surface area contributed by atoms with Crippen molar-refractivity contribution in [2.24, 2.45) is 11.8 Å². The first-order chi connectivity index (χ1) is 11.0. The van der Waals surface area contributed by atoms with Crippen molar-refractivity contribution in [3.8, 4) is 6.07 Å². The molecule has 126 valence electrons. The van der Waals surface area contributed by atoms with E-state index in [4.69, 9.17) is 5.26 Å². The van der Waals surface area contributed by atoms with Crippen molar-refractivity contribution in [1.29, 1.82) is 5.26 Å². The van der Waals surface area contributed by atoms with Crippen LogP contribution in [0.25, 0.3) is 0 Å². The van der Waals surface area contributed by atoms with Crippen LogP contribution in [0.4, 0.5) is 0 Å². The Hall–Kier alpha value is -1.12. The van der Waals surface area contributed by atoms with E-state index in [0.29, 0.717) is 24.8 Å². The predicted molar refractivity (Wildman–Crippen MR) is 85.3 cm³/mol. The van der Waals surface area contributed by atoms with Gasteiger partial charge in [0.15, 0.2) is 0 Å². The summed E-state index contributed by atoms with van der Waals surface area (Å²) in [5.74, 6) is 1.38. The average Bonchev–Trinajstić information content (AvgIpc) is 2.91. The molecule has 5 heteroatoms. The highest BCUT2D eigenvalue weighted by Crippen LogP contribution is 2.57. The number of nitrogens with one attached hydrogen (secondary N) is 1. The van der Waals surface area contributed by atoms with Crippen molar-refractivity contribution < 1.29 is 9.90 Å². The number of nitriles is 1. The van der Waals surface area contributed by atoms with E-state index in [1.54, 1.807) is 0 Å². The fourth-order valence-electron chi connectivity index (χ4n) is 6.27. The minimum atomic E-state index is -0.489. The summed E-state index contributed by atoms with van der Waals surface area (Å²) in [5.41, 5.74) is -0.518. The summed E-state index contributed by atoms with van der Waals surface area (Å²) < 4.78 is 0. The van der Waals surface area contributed by atoms with E-state index in [1.165, 1.54) is 6.42 Å². The molecule has 1 aliphatic heterocycles. The van der Waals surface area contributed by atoms with Gasteiger partial charge in [-0.25, -0.2) is 0 Å². The molecule has 0 aromatic rings. The number of likely N-dealkylation sites (tertiary alicyclic amines) is 1. The van der Waals surface area contributed by atoms with Gasteiger partial charge in [-0.3, -0.25) is 4.79 Å². The van der Waals surface area contributed by atoms with Crippen LogP contribution >= 0.6 is 0 Å². The first-order valence-electron chi connectivity index (χ1n) is 9.15. The molecular weight excluding hydrogens is 290 g/mol. The van der Waals surface area contributed by atoms with Gasteiger partial charge in [-0.2, -0.15) is 5.26 Å². The maximum Gasteiger partial charge on any atom is 0.236 e. The molecule has 2 unspecified atom stereocenters. The van der Waals surface area contributed by atoms with Crippen LogP contribution in [0.2, 0.25) is 0 Å². The fraction of sp³-hybridized carbons (Fsp3) is 0.889. The van der Waals surface area contributed by atoms with Crippen molar-refractivity contribution in [2.75, 3.05) is 13.1 Å². The highest BCUT2D eigenvalue weighted by Gasteiger charge is 2.57. The van der Waals surface area contributed by atoms with Gasteiger partial charge in [0.2, 0.25) is 5.91 Å². The lowest BCUT2D eigenvalue weighted by Crippen LogP contribution is -2.65. The Morgan fingerprint density at radius 3 is 2.70 bits per heavy atom. The summed E-state index contributed by atoms with van der Waals surface area (Å²) in [5, 5.41) is 23.2. The van der Waals surface area contributed by atoms with Crippen molar-refractivity contribution in [2.45, 2.75) is 75.0 Å². The average molecular weight is 317 g/mol. The molecule has 5 fully saturated rings. The zero-order chi connectivity index (χ0) is 16.1. The van der Waals surface area contributed by atoms with Gasteiger partial charge < -0.3 is 15.3 Å². The van der Waals surface area contributed by atoms with Crippen LogP contribution in [0.1, 0.15) is 57.8 Å². The SMILES string of the molecule is N#CC[C@@H]1CCCN1C(=O)CNC12CC3CC(CC(O)(C3)C1)C2. The minimum absolute atomic E-state index is 0.0288. The van der Waals surface area contributed by atoms with Crippen LogP contribution in [0, 0.1) is 23.2 Å². The minimum Gasteiger partial charge on any atom is -0.390 e. The molecule has 1 saturated heterocycles. The molecule has 4 aliphatic carbocycles. The Bertz CT molecular complexity index is 527. The lowest BCUT2D eigenvalue weighted by atomic mass is 9.51. The van der Waals surface area contributed by atoms with E-state index in [-0.39, 0.29) is 17.5 Å². The third-order valence-electron chi connectivity index (χ3n) is 6.67.